The van der Waals surface area contributed by atoms with E-state index >= 15 is 0 Å². The van der Waals surface area contributed by atoms with E-state index in [4.69, 9.17) is 0 Å². The lowest BCUT2D eigenvalue weighted by Crippen LogP contribution is -2.02. The van der Waals surface area contributed by atoms with Crippen LogP contribution in [0.25, 0.3) is 98.7 Å². The Labute approximate surface area is 349 Å². The van der Waals surface area contributed by atoms with Crippen LogP contribution in [0.5, 0.6) is 0 Å². The summed E-state index contributed by atoms with van der Waals surface area (Å²) in [5.74, 6) is 0. The van der Waals surface area contributed by atoms with Gasteiger partial charge in [-0.1, -0.05) is 164 Å². The highest BCUT2D eigenvalue weighted by molar-refractivity contribution is 7.70. The maximum Gasteiger partial charge on any atom is 0.109 e. The number of hydrogen-bond donors (Lipinski definition) is 0. The van der Waals surface area contributed by atoms with Crippen molar-refractivity contribution in [3.63, 3.8) is 0 Å². The molecule has 0 saturated heterocycles. The van der Waals surface area contributed by atoms with Gasteiger partial charge in [0.2, 0.25) is 0 Å². The highest BCUT2D eigenvalue weighted by Gasteiger charge is 2.19. The van der Waals surface area contributed by atoms with Gasteiger partial charge in [-0.05, 0) is 126 Å². The van der Waals surface area contributed by atoms with E-state index < -0.39 is 7.14 Å². The molecule has 10 aromatic carbocycles. The number of benzene rings is 10. The van der Waals surface area contributed by atoms with Crippen LogP contribution >= 0.6 is 7.14 Å². The van der Waals surface area contributed by atoms with Crippen LogP contribution in [0, 0.1) is 22.7 Å². The Morgan fingerprint density at radius 2 is 0.750 bits per heavy atom. The summed E-state index contributed by atoms with van der Waals surface area (Å²) in [7, 11) is -2.48. The molecule has 0 aliphatic rings. The van der Waals surface area contributed by atoms with Crippen molar-refractivity contribution in [1.82, 2.24) is 0 Å². The van der Waals surface area contributed by atoms with Crippen LogP contribution in [0.4, 0.5) is 0 Å². The largest absolute Gasteiger partial charge is 0.319 e. The van der Waals surface area contributed by atoms with Gasteiger partial charge in [0.05, 0.1) is 23.3 Å². The van der Waals surface area contributed by atoms with Crippen molar-refractivity contribution >= 4 is 55.5 Å². The first kappa shape index (κ1) is 36.8. The molecular weight excluding hydrogens is 748 g/mol. The third-order valence-corrected chi connectivity index (χ3v) is 13.4. The molecular formula is C56H37N2OP. The minimum Gasteiger partial charge on any atom is -0.319 e. The van der Waals surface area contributed by atoms with E-state index in [9.17, 15) is 15.1 Å². The lowest BCUT2D eigenvalue weighted by atomic mass is 9.84. The second-order valence-electron chi connectivity index (χ2n) is 15.7. The van der Waals surface area contributed by atoms with Crippen molar-refractivity contribution < 1.29 is 4.57 Å². The molecule has 0 bridgehead atoms. The van der Waals surface area contributed by atoms with E-state index in [0.29, 0.717) is 11.1 Å². The van der Waals surface area contributed by atoms with Crippen LogP contribution in [-0.4, -0.2) is 13.3 Å². The summed E-state index contributed by atoms with van der Waals surface area (Å²) in [5.41, 5.74) is 12.3. The van der Waals surface area contributed by atoms with Crippen LogP contribution in [0.15, 0.2) is 188 Å². The molecule has 282 valence electrons. The van der Waals surface area contributed by atoms with Crippen LogP contribution in [0.2, 0.25) is 0 Å². The van der Waals surface area contributed by atoms with Gasteiger partial charge in [-0.15, -0.1) is 0 Å². The summed E-state index contributed by atoms with van der Waals surface area (Å²) in [4.78, 5) is 0. The Morgan fingerprint density at radius 1 is 0.350 bits per heavy atom. The molecule has 0 amide bonds. The quantitative estimate of drug-likeness (QED) is 0.125. The van der Waals surface area contributed by atoms with E-state index in [1.807, 2.05) is 74.0 Å². The fourth-order valence-electron chi connectivity index (χ4n) is 8.95. The molecule has 3 nitrogen and oxygen atoms in total. The zero-order valence-electron chi connectivity index (χ0n) is 33.1. The first-order chi connectivity index (χ1) is 29.3. The number of nitrogens with zero attached hydrogens (tertiary/aromatic N) is 2. The van der Waals surface area contributed by atoms with Gasteiger partial charge in [0.15, 0.2) is 0 Å². The molecule has 0 spiro atoms. The summed E-state index contributed by atoms with van der Waals surface area (Å²) in [5, 5.41) is 29.0. The molecule has 0 aliphatic heterocycles. The van der Waals surface area contributed by atoms with Gasteiger partial charge in [0.1, 0.15) is 7.14 Å². The molecule has 0 saturated carbocycles. The molecule has 0 radical (unpaired) electrons. The number of nitriles is 2. The van der Waals surface area contributed by atoms with E-state index in [2.05, 4.69) is 140 Å². The van der Waals surface area contributed by atoms with Gasteiger partial charge in [-0.2, -0.15) is 10.5 Å². The first-order valence-electron chi connectivity index (χ1n) is 20.0. The molecule has 0 aliphatic carbocycles. The van der Waals surface area contributed by atoms with Crippen LogP contribution in [-0.2, 0) is 4.57 Å². The monoisotopic (exact) mass is 784 g/mol. The molecule has 10 rings (SSSR count). The Balaban J connectivity index is 1.18. The lowest BCUT2D eigenvalue weighted by Gasteiger charge is -2.19. The summed E-state index contributed by atoms with van der Waals surface area (Å²) < 4.78 is 13.2. The Bertz CT molecular complexity index is 3490. The molecule has 60 heavy (non-hydrogen) atoms. The minimum atomic E-state index is -2.48. The van der Waals surface area contributed by atoms with Crippen molar-refractivity contribution in [1.29, 1.82) is 10.5 Å². The van der Waals surface area contributed by atoms with Gasteiger partial charge in [0.25, 0.3) is 0 Å². The molecule has 0 atom stereocenters. The average Bonchev–Trinajstić information content (AvgIpc) is 3.29. The topological polar surface area (TPSA) is 64.7 Å². The maximum atomic E-state index is 13.2. The normalized spacial score (nSPS) is 11.5. The minimum absolute atomic E-state index is 0.670. The van der Waals surface area contributed by atoms with Crippen molar-refractivity contribution in [2.75, 3.05) is 13.3 Å². The summed E-state index contributed by atoms with van der Waals surface area (Å²) in [6, 6.07) is 70.1. The SMILES string of the molecule is CP(C)(=O)c1cccc(-c2ccc3c(-c4ccc(-c5cccc6c(C#N)cccc56)cc4)c4ccccc4c(-c4ccc(-c5cccc6c(C#N)cccc56)cc4)c3c2)c1. The fourth-order valence-corrected chi connectivity index (χ4v) is 9.85. The molecule has 4 heteroatoms. The van der Waals surface area contributed by atoms with Crippen LogP contribution in [0.1, 0.15) is 11.1 Å². The second kappa shape index (κ2) is 14.7. The average molecular weight is 785 g/mol. The molecule has 0 unspecified atom stereocenters. The van der Waals surface area contributed by atoms with Crippen molar-refractivity contribution in [2.45, 2.75) is 0 Å². The molecule has 0 fully saturated rings. The molecule has 0 aromatic heterocycles. The third kappa shape index (κ3) is 6.25. The molecule has 0 heterocycles. The lowest BCUT2D eigenvalue weighted by molar-refractivity contribution is 0.588. The maximum absolute atomic E-state index is 13.2. The molecule has 0 N–H and O–H groups in total. The third-order valence-electron chi connectivity index (χ3n) is 11.9. The van der Waals surface area contributed by atoms with E-state index in [1.54, 1.807) is 0 Å². The summed E-state index contributed by atoms with van der Waals surface area (Å²) in [6.07, 6.45) is 0. The summed E-state index contributed by atoms with van der Waals surface area (Å²) in [6.45, 7) is 3.64. The highest BCUT2D eigenvalue weighted by Crippen LogP contribution is 2.46. The predicted octanol–water partition coefficient (Wildman–Crippen LogP) is 14.6. The van der Waals surface area contributed by atoms with Gasteiger partial charge in [-0.25, -0.2) is 0 Å². The molecule has 10 aromatic rings. The second-order valence-corrected chi connectivity index (χ2v) is 19.0. The van der Waals surface area contributed by atoms with Gasteiger partial charge < -0.3 is 4.57 Å². The van der Waals surface area contributed by atoms with Crippen molar-refractivity contribution in [3.05, 3.63) is 199 Å². The standard InChI is InChI=1S/C56H37N2OP/c1-60(2,59)44-13-5-10-40(32-44)41-30-31-53-54(33-41)56(39-28-24-37(25-29-39)46-17-9-19-48-43(35-58)12-7-21-50(46)48)52-15-4-3-14-51(52)55(53)38-26-22-36(23-27-38)45-16-8-18-47-42(34-57)11-6-20-49(45)47/h3-33H,1-2H3. The highest BCUT2D eigenvalue weighted by atomic mass is 31.2. The number of rotatable bonds is 6. The Morgan fingerprint density at radius 3 is 1.27 bits per heavy atom. The Hall–Kier alpha value is -7.55. The van der Waals surface area contributed by atoms with Crippen molar-refractivity contribution in [2.24, 2.45) is 0 Å². The van der Waals surface area contributed by atoms with Gasteiger partial charge in [-0.3, -0.25) is 0 Å². The fraction of sp³-hybridized carbons (Fsp3) is 0.0357. The van der Waals surface area contributed by atoms with Crippen molar-refractivity contribution in [3.8, 4) is 67.8 Å². The first-order valence-corrected chi connectivity index (χ1v) is 22.6. The number of hydrogen-bond acceptors (Lipinski definition) is 3. The van der Waals surface area contributed by atoms with E-state index in [-0.39, 0.29) is 0 Å². The van der Waals surface area contributed by atoms with Gasteiger partial charge >= 0.3 is 0 Å². The van der Waals surface area contributed by atoms with Crippen LogP contribution < -0.4 is 5.30 Å². The Kier molecular flexibility index (Phi) is 9.00. The smallest absolute Gasteiger partial charge is 0.109 e. The van der Waals surface area contributed by atoms with Gasteiger partial charge in [0, 0.05) is 16.1 Å². The summed E-state index contributed by atoms with van der Waals surface area (Å²) >= 11 is 0. The van der Waals surface area contributed by atoms with Crippen LogP contribution in [0.3, 0.4) is 0 Å². The van der Waals surface area contributed by atoms with E-state index in [1.165, 1.54) is 0 Å². The van der Waals surface area contributed by atoms with E-state index in [0.717, 1.165) is 104 Å². The zero-order valence-corrected chi connectivity index (χ0v) is 34.0. The zero-order chi connectivity index (χ0) is 41.0. The number of fused-ring (bicyclic) bond motifs is 4. The predicted molar refractivity (Wildman–Crippen MR) is 252 cm³/mol.